The van der Waals surface area contributed by atoms with E-state index in [2.05, 4.69) is 9.88 Å². The summed E-state index contributed by atoms with van der Waals surface area (Å²) in [5, 5.41) is 0. The van der Waals surface area contributed by atoms with E-state index in [1.807, 2.05) is 13.8 Å². The molecule has 8 nitrogen and oxygen atoms in total. The molecule has 34 heavy (non-hydrogen) atoms. The van der Waals surface area contributed by atoms with Crippen LogP contribution in [0.15, 0.2) is 29.1 Å². The number of nitrogens with one attached hydrogen (secondary N) is 1. The van der Waals surface area contributed by atoms with Crippen LogP contribution in [0.1, 0.15) is 32.3 Å². The van der Waals surface area contributed by atoms with Gasteiger partial charge in [0.25, 0.3) is 11.5 Å². The summed E-state index contributed by atoms with van der Waals surface area (Å²) in [5.41, 5.74) is 1.58. The van der Waals surface area contributed by atoms with Crippen molar-refractivity contribution in [3.8, 4) is 17.0 Å². The van der Waals surface area contributed by atoms with Crippen molar-refractivity contribution < 1.29 is 22.3 Å². The van der Waals surface area contributed by atoms with Gasteiger partial charge in [-0.15, -0.1) is 0 Å². The molecular weight excluding hydrogens is 461 g/mol. The minimum absolute atomic E-state index is 0.0348. The number of aromatic nitrogens is 1. The summed E-state index contributed by atoms with van der Waals surface area (Å²) in [5.74, 6) is -0.458. The Hall–Kier alpha value is -2.72. The number of ether oxygens (including phenoxy) is 1. The normalized spacial score (nSPS) is 19.1. The first-order valence-corrected chi connectivity index (χ1v) is 13.3. The molecule has 1 fully saturated rings. The molecule has 1 aromatic carbocycles. The molecule has 1 amide bonds. The highest BCUT2D eigenvalue weighted by atomic mass is 32.2. The van der Waals surface area contributed by atoms with Crippen LogP contribution in [-0.4, -0.2) is 68.5 Å². The van der Waals surface area contributed by atoms with E-state index in [0.29, 0.717) is 48.7 Å². The zero-order valence-corrected chi connectivity index (χ0v) is 20.5. The van der Waals surface area contributed by atoms with Gasteiger partial charge in [-0.3, -0.25) is 9.59 Å². The number of H-pyrrole nitrogens is 1. The monoisotopic (exact) mass is 491 g/mol. The predicted octanol–water partition coefficient (Wildman–Crippen LogP) is 2.40. The Morgan fingerprint density at radius 2 is 1.85 bits per heavy atom. The lowest BCUT2D eigenvalue weighted by Gasteiger charge is -2.32. The minimum Gasteiger partial charge on any atom is -0.478 e. The van der Waals surface area contributed by atoms with Crippen LogP contribution in [-0.2, 0) is 14.6 Å². The number of benzene rings is 1. The lowest BCUT2D eigenvalue weighted by Crippen LogP contribution is -2.43. The molecular formula is C24H30FN3O5S. The van der Waals surface area contributed by atoms with Crippen molar-refractivity contribution in [3.63, 3.8) is 0 Å². The van der Waals surface area contributed by atoms with Crippen LogP contribution in [0.5, 0.6) is 5.75 Å². The number of nitrogens with zero attached hydrogens (tertiary/aromatic N) is 2. The molecule has 0 bridgehead atoms. The zero-order valence-electron chi connectivity index (χ0n) is 19.6. The molecule has 0 saturated carbocycles. The van der Waals surface area contributed by atoms with Crippen molar-refractivity contribution in [1.29, 1.82) is 0 Å². The summed E-state index contributed by atoms with van der Waals surface area (Å²) in [6.07, 6.45) is 0. The first kappa shape index (κ1) is 24.4. The van der Waals surface area contributed by atoms with Crippen molar-refractivity contribution in [2.45, 2.75) is 26.7 Å². The fourth-order valence-electron chi connectivity index (χ4n) is 4.60. The van der Waals surface area contributed by atoms with Gasteiger partial charge in [0.2, 0.25) is 0 Å². The van der Waals surface area contributed by atoms with Gasteiger partial charge in [-0.1, -0.05) is 19.9 Å². The molecule has 1 atom stereocenters. The van der Waals surface area contributed by atoms with Crippen LogP contribution in [0.4, 0.5) is 10.1 Å². The summed E-state index contributed by atoms with van der Waals surface area (Å²) in [7, 11) is -2.97. The third kappa shape index (κ3) is 4.88. The number of hydrogen-bond donors (Lipinski definition) is 1. The number of fused-ring (bicyclic) bond motifs is 1. The molecule has 2 aromatic rings. The van der Waals surface area contributed by atoms with Crippen LogP contribution in [0.2, 0.25) is 0 Å². The SMILES string of the molecule is CCN1C(=O)COc2c(F)cc(-c3ccc(C(CN4CCS(=O)(=O)CC4)C(C)C)c(=O)[nH]3)cc21. The van der Waals surface area contributed by atoms with E-state index in [9.17, 15) is 22.4 Å². The molecule has 0 aliphatic carbocycles. The quantitative estimate of drug-likeness (QED) is 0.666. The Morgan fingerprint density at radius 3 is 2.47 bits per heavy atom. The molecule has 10 heteroatoms. The van der Waals surface area contributed by atoms with E-state index in [1.54, 1.807) is 25.1 Å². The van der Waals surface area contributed by atoms with Crippen LogP contribution in [0.25, 0.3) is 11.3 Å². The highest BCUT2D eigenvalue weighted by Gasteiger charge is 2.29. The summed E-state index contributed by atoms with van der Waals surface area (Å²) >= 11 is 0. The van der Waals surface area contributed by atoms with E-state index in [0.717, 1.165) is 0 Å². The lowest BCUT2D eigenvalue weighted by molar-refractivity contribution is -0.121. The maximum absolute atomic E-state index is 14.8. The first-order valence-electron chi connectivity index (χ1n) is 11.5. The predicted molar refractivity (Wildman–Crippen MR) is 129 cm³/mol. The minimum atomic E-state index is -2.97. The van der Waals surface area contributed by atoms with Crippen LogP contribution >= 0.6 is 0 Å². The third-order valence-electron chi connectivity index (χ3n) is 6.62. The number of hydrogen-bond acceptors (Lipinski definition) is 6. The average Bonchev–Trinajstić information content (AvgIpc) is 2.78. The molecule has 4 rings (SSSR count). The van der Waals surface area contributed by atoms with E-state index in [-0.39, 0.29) is 47.2 Å². The number of aromatic amines is 1. The Labute approximate surface area is 198 Å². The van der Waals surface area contributed by atoms with Gasteiger partial charge in [0, 0.05) is 48.9 Å². The number of amides is 1. The van der Waals surface area contributed by atoms with Crippen molar-refractivity contribution in [1.82, 2.24) is 9.88 Å². The Morgan fingerprint density at radius 1 is 1.15 bits per heavy atom. The topological polar surface area (TPSA) is 99.8 Å². The second-order valence-electron chi connectivity index (χ2n) is 9.19. The largest absolute Gasteiger partial charge is 0.478 e. The fourth-order valence-corrected chi connectivity index (χ4v) is 5.87. The van der Waals surface area contributed by atoms with E-state index in [4.69, 9.17) is 4.74 Å². The van der Waals surface area contributed by atoms with Gasteiger partial charge in [0.05, 0.1) is 17.2 Å². The second-order valence-corrected chi connectivity index (χ2v) is 11.5. The molecule has 2 aliphatic rings. The van der Waals surface area contributed by atoms with Crippen LogP contribution < -0.4 is 15.2 Å². The summed E-state index contributed by atoms with van der Waals surface area (Å²) in [6, 6.07) is 6.45. The molecule has 0 spiro atoms. The standard InChI is InChI=1S/C24H30FN3O5S/c1-4-28-21-12-16(11-19(25)23(21)33-14-22(28)29)20-6-5-17(24(30)26-20)18(15(2)3)13-27-7-9-34(31,32)10-8-27/h5-6,11-12,15,18H,4,7-10,13-14H2,1-3H3,(H,26,30). The summed E-state index contributed by atoms with van der Waals surface area (Å²) < 4.78 is 43.6. The number of carbonyl (C=O) groups is 1. The van der Waals surface area contributed by atoms with E-state index < -0.39 is 15.7 Å². The van der Waals surface area contributed by atoms with Gasteiger partial charge in [0.1, 0.15) is 0 Å². The number of rotatable bonds is 6. The molecule has 1 unspecified atom stereocenters. The molecule has 1 saturated heterocycles. The molecule has 0 radical (unpaired) electrons. The molecule has 1 N–H and O–H groups in total. The summed E-state index contributed by atoms with van der Waals surface area (Å²) in [6.45, 7) is 7.56. The van der Waals surface area contributed by atoms with Gasteiger partial charge >= 0.3 is 0 Å². The first-order chi connectivity index (χ1) is 16.1. The molecule has 184 valence electrons. The fraction of sp³-hybridized carbons (Fsp3) is 0.500. The smallest absolute Gasteiger partial charge is 0.265 e. The van der Waals surface area contributed by atoms with Crippen molar-refractivity contribution in [2.75, 3.05) is 49.2 Å². The van der Waals surface area contributed by atoms with Gasteiger partial charge in [-0.05, 0) is 31.0 Å². The Bertz CT molecular complexity index is 1240. The van der Waals surface area contributed by atoms with Crippen molar-refractivity contribution in [2.24, 2.45) is 5.92 Å². The maximum Gasteiger partial charge on any atom is 0.265 e. The highest BCUT2D eigenvalue weighted by Crippen LogP contribution is 2.38. The number of carbonyl (C=O) groups excluding carboxylic acids is 1. The average molecular weight is 492 g/mol. The van der Waals surface area contributed by atoms with Crippen molar-refractivity contribution >= 4 is 21.4 Å². The highest BCUT2D eigenvalue weighted by molar-refractivity contribution is 7.91. The number of likely N-dealkylation sites (N-methyl/N-ethyl adjacent to an activating group) is 1. The molecule has 2 aliphatic heterocycles. The molecule has 3 heterocycles. The Balaban J connectivity index is 1.63. The number of sulfone groups is 1. The van der Waals surface area contributed by atoms with E-state index >= 15 is 0 Å². The van der Waals surface area contributed by atoms with E-state index in [1.165, 1.54) is 11.0 Å². The van der Waals surface area contributed by atoms with Crippen LogP contribution in [0.3, 0.4) is 0 Å². The Kier molecular flexibility index (Phi) is 6.82. The zero-order chi connectivity index (χ0) is 24.6. The summed E-state index contributed by atoms with van der Waals surface area (Å²) in [4.78, 5) is 31.7. The number of pyridine rings is 1. The maximum atomic E-state index is 14.8. The van der Waals surface area contributed by atoms with Crippen molar-refractivity contribution in [3.05, 3.63) is 46.0 Å². The van der Waals surface area contributed by atoms with Gasteiger partial charge in [-0.2, -0.15) is 0 Å². The van der Waals surface area contributed by atoms with Gasteiger partial charge in [0.15, 0.2) is 28.0 Å². The number of anilines is 1. The van der Waals surface area contributed by atoms with Crippen LogP contribution in [0, 0.1) is 11.7 Å². The molecule has 1 aromatic heterocycles. The van der Waals surface area contributed by atoms with Gasteiger partial charge in [-0.25, -0.2) is 12.8 Å². The lowest BCUT2D eigenvalue weighted by atomic mass is 9.88. The van der Waals surface area contributed by atoms with Gasteiger partial charge < -0.3 is 19.5 Å². The number of halogens is 1. The third-order valence-corrected chi connectivity index (χ3v) is 8.23. The second kappa shape index (κ2) is 9.50.